The van der Waals surface area contributed by atoms with Gasteiger partial charge in [0.1, 0.15) is 23.9 Å². The first-order valence-corrected chi connectivity index (χ1v) is 13.5. The number of benzene rings is 2. The summed E-state index contributed by atoms with van der Waals surface area (Å²) in [6.45, 7) is 7.22. The number of hydrogen-bond donors (Lipinski definition) is 0. The van der Waals surface area contributed by atoms with Gasteiger partial charge in [-0.2, -0.15) is 0 Å². The number of ketones is 1. The second-order valence-electron chi connectivity index (χ2n) is 11.4. The van der Waals surface area contributed by atoms with Crippen LogP contribution in [-0.4, -0.2) is 45.3 Å². The molecule has 2 aromatic rings. The van der Waals surface area contributed by atoms with Crippen LogP contribution in [0.15, 0.2) is 54.6 Å². The van der Waals surface area contributed by atoms with E-state index in [0.29, 0.717) is 25.2 Å². The fourth-order valence-corrected chi connectivity index (χ4v) is 7.81. The average molecular weight is 521 g/mol. The number of fused-ring (bicyclic) bond motifs is 5. The summed E-state index contributed by atoms with van der Waals surface area (Å²) in [5, 5.41) is 0. The summed E-state index contributed by atoms with van der Waals surface area (Å²) >= 11 is 0. The molecular weight excluding hydrogens is 480 g/mol. The van der Waals surface area contributed by atoms with Gasteiger partial charge in [0.05, 0.1) is 12.7 Å². The highest BCUT2D eigenvalue weighted by atomic mass is 16.7. The second-order valence-corrected chi connectivity index (χ2v) is 11.4. The van der Waals surface area contributed by atoms with Crippen LogP contribution in [-0.2, 0) is 42.2 Å². The van der Waals surface area contributed by atoms with Gasteiger partial charge in [-0.1, -0.05) is 62.4 Å². The highest BCUT2D eigenvalue weighted by Gasteiger charge is 2.72. The number of aryl methyl sites for hydroxylation is 1. The number of hydrogen-bond acceptors (Lipinski definition) is 6. The van der Waals surface area contributed by atoms with Crippen molar-refractivity contribution in [3.05, 3.63) is 76.9 Å². The van der Waals surface area contributed by atoms with Crippen molar-refractivity contribution in [3.8, 4) is 5.75 Å². The summed E-state index contributed by atoms with van der Waals surface area (Å²) in [5.74, 6) is 0.946. The van der Waals surface area contributed by atoms with Crippen molar-refractivity contribution in [1.29, 1.82) is 0 Å². The Kier molecular flexibility index (Phi) is 7.53. The molecule has 38 heavy (non-hydrogen) atoms. The van der Waals surface area contributed by atoms with E-state index in [0.717, 1.165) is 40.8 Å². The molecule has 0 radical (unpaired) electrons. The maximum absolute atomic E-state index is 13.8. The molecule has 0 aromatic heterocycles. The molecule has 0 N–H and O–H groups in total. The Labute approximate surface area is 226 Å². The predicted octanol–water partition coefficient (Wildman–Crippen LogP) is 5.68. The number of Topliss-reactive ketones (excluding diaryl/α,β-unsaturated/α-hetero) is 1. The van der Waals surface area contributed by atoms with E-state index in [1.165, 1.54) is 0 Å². The zero-order chi connectivity index (χ0) is 27.0. The van der Waals surface area contributed by atoms with Gasteiger partial charge in [0, 0.05) is 49.4 Å². The molecule has 5 atom stereocenters. The normalized spacial score (nSPS) is 31.9. The first-order chi connectivity index (χ1) is 18.3. The fourth-order valence-electron chi connectivity index (χ4n) is 7.81. The number of rotatable bonds is 9. The van der Waals surface area contributed by atoms with Crippen molar-refractivity contribution in [2.45, 2.75) is 70.2 Å². The minimum atomic E-state index is -0.751. The number of allylic oxidation sites excluding steroid dienone is 2. The molecule has 0 saturated heterocycles. The molecule has 204 valence electrons. The molecule has 1 saturated carbocycles. The quantitative estimate of drug-likeness (QED) is 0.241. The van der Waals surface area contributed by atoms with Crippen LogP contribution < -0.4 is 4.74 Å². The zero-order valence-corrected chi connectivity index (χ0v) is 23.3. The van der Waals surface area contributed by atoms with Crippen molar-refractivity contribution in [2.75, 3.05) is 27.8 Å². The van der Waals surface area contributed by atoms with Crippen LogP contribution in [0.5, 0.6) is 5.75 Å². The van der Waals surface area contributed by atoms with E-state index in [1.807, 2.05) is 36.4 Å². The van der Waals surface area contributed by atoms with Gasteiger partial charge in [-0.05, 0) is 42.5 Å². The van der Waals surface area contributed by atoms with E-state index in [-0.39, 0.29) is 25.6 Å². The molecule has 3 aliphatic rings. The van der Waals surface area contributed by atoms with Crippen LogP contribution in [0, 0.1) is 18.3 Å². The minimum absolute atomic E-state index is 0.118. The van der Waals surface area contributed by atoms with Gasteiger partial charge in [0.25, 0.3) is 0 Å². The van der Waals surface area contributed by atoms with Gasteiger partial charge in [0.2, 0.25) is 0 Å². The van der Waals surface area contributed by atoms with Gasteiger partial charge in [-0.3, -0.25) is 4.79 Å². The van der Waals surface area contributed by atoms with E-state index in [9.17, 15) is 4.79 Å². The molecule has 3 aliphatic carbocycles. The van der Waals surface area contributed by atoms with Gasteiger partial charge < -0.3 is 23.7 Å². The maximum atomic E-state index is 13.8. The third-order valence-electron chi connectivity index (χ3n) is 9.34. The Morgan fingerprint density at radius 1 is 1.03 bits per heavy atom. The Hall–Kier alpha value is -2.51. The standard InChI is InChI=1S/C32H40O6/c1-22-15-26-24(28(16-22)37-20-34-4)17-29(38-21-36-19-23-11-7-6-8-12-23)32(35-5)30(2)14-10-9-13-25(30)27(33)18-31(26,32)3/h6-12,15-16,25,29H,13-14,17-21H2,1-5H3/t25-,29?,30-,31+,32-/m1/s1. The Morgan fingerprint density at radius 3 is 2.55 bits per heavy atom. The Morgan fingerprint density at radius 2 is 1.82 bits per heavy atom. The van der Waals surface area contributed by atoms with E-state index < -0.39 is 16.4 Å². The van der Waals surface area contributed by atoms with Gasteiger partial charge in [-0.25, -0.2) is 0 Å². The van der Waals surface area contributed by atoms with Crippen molar-refractivity contribution in [3.63, 3.8) is 0 Å². The zero-order valence-electron chi connectivity index (χ0n) is 23.3. The van der Waals surface area contributed by atoms with Gasteiger partial charge >= 0.3 is 0 Å². The number of carbonyl (C=O) groups excluding carboxylic acids is 1. The van der Waals surface area contributed by atoms with Crippen LogP contribution in [0.4, 0.5) is 0 Å². The van der Waals surface area contributed by atoms with Crippen molar-refractivity contribution in [1.82, 2.24) is 0 Å². The lowest BCUT2D eigenvalue weighted by Gasteiger charge is -2.67. The molecule has 0 aliphatic heterocycles. The molecule has 1 fully saturated rings. The lowest BCUT2D eigenvalue weighted by Crippen LogP contribution is -2.76. The summed E-state index contributed by atoms with van der Waals surface area (Å²) in [4.78, 5) is 13.8. The summed E-state index contributed by atoms with van der Waals surface area (Å²) < 4.78 is 30.7. The summed E-state index contributed by atoms with van der Waals surface area (Å²) in [6, 6.07) is 14.3. The predicted molar refractivity (Wildman–Crippen MR) is 145 cm³/mol. The molecular formula is C32H40O6. The SMILES string of the molecule is COCOc1cc(C)cc2c1CC(OCOCc1ccccc1)[C@]1(OC)[C@@]2(C)CC(=O)[C@H]2CC=CC[C@]21C. The van der Waals surface area contributed by atoms with Crippen molar-refractivity contribution < 1.29 is 28.5 Å². The van der Waals surface area contributed by atoms with Gasteiger partial charge in [-0.15, -0.1) is 0 Å². The summed E-state index contributed by atoms with van der Waals surface area (Å²) in [7, 11) is 3.41. The number of ether oxygens (including phenoxy) is 5. The van der Waals surface area contributed by atoms with E-state index in [2.05, 4.69) is 39.0 Å². The monoisotopic (exact) mass is 520 g/mol. The van der Waals surface area contributed by atoms with E-state index in [1.54, 1.807) is 14.2 Å². The van der Waals surface area contributed by atoms with Crippen molar-refractivity contribution >= 4 is 5.78 Å². The van der Waals surface area contributed by atoms with Crippen LogP contribution in [0.25, 0.3) is 0 Å². The van der Waals surface area contributed by atoms with Gasteiger partial charge in [0.15, 0.2) is 6.79 Å². The number of carbonyl (C=O) groups is 1. The van der Waals surface area contributed by atoms with Crippen LogP contribution >= 0.6 is 0 Å². The maximum Gasteiger partial charge on any atom is 0.188 e. The summed E-state index contributed by atoms with van der Waals surface area (Å²) in [5.41, 5.74) is 2.52. The Bertz CT molecular complexity index is 1190. The second kappa shape index (κ2) is 10.6. The van der Waals surface area contributed by atoms with Crippen molar-refractivity contribution in [2.24, 2.45) is 11.3 Å². The smallest absolute Gasteiger partial charge is 0.188 e. The lowest BCUT2D eigenvalue weighted by atomic mass is 9.41. The molecule has 6 nitrogen and oxygen atoms in total. The minimum Gasteiger partial charge on any atom is -0.467 e. The third kappa shape index (κ3) is 4.13. The lowest BCUT2D eigenvalue weighted by molar-refractivity contribution is -0.272. The fraction of sp³-hybridized carbons (Fsp3) is 0.531. The molecule has 1 unspecified atom stereocenters. The topological polar surface area (TPSA) is 63.2 Å². The molecule has 5 rings (SSSR count). The van der Waals surface area contributed by atoms with Crippen LogP contribution in [0.2, 0.25) is 0 Å². The Balaban J connectivity index is 1.59. The highest BCUT2D eigenvalue weighted by molar-refractivity contribution is 5.86. The average Bonchev–Trinajstić information content (AvgIpc) is 2.90. The first kappa shape index (κ1) is 27.1. The molecule has 6 heteroatoms. The highest BCUT2D eigenvalue weighted by Crippen LogP contribution is 2.66. The third-order valence-corrected chi connectivity index (χ3v) is 9.34. The van der Waals surface area contributed by atoms with E-state index in [4.69, 9.17) is 23.7 Å². The molecule has 0 bridgehead atoms. The summed E-state index contributed by atoms with van der Waals surface area (Å²) in [6.07, 6.45) is 6.47. The molecule has 0 heterocycles. The first-order valence-electron chi connectivity index (χ1n) is 13.5. The largest absolute Gasteiger partial charge is 0.467 e. The number of methoxy groups -OCH3 is 2. The molecule has 0 spiro atoms. The van der Waals surface area contributed by atoms with Crippen LogP contribution in [0.3, 0.4) is 0 Å². The molecule has 0 amide bonds. The molecule has 2 aromatic carbocycles. The van der Waals surface area contributed by atoms with E-state index >= 15 is 0 Å². The van der Waals surface area contributed by atoms with Crippen LogP contribution in [0.1, 0.15) is 55.4 Å².